The number of H-pyrrole nitrogens is 1. The van der Waals surface area contributed by atoms with Gasteiger partial charge in [0.1, 0.15) is 5.82 Å². The van der Waals surface area contributed by atoms with Gasteiger partial charge in [0.05, 0.1) is 17.8 Å². The first kappa shape index (κ1) is 22.1. The minimum absolute atomic E-state index is 0.116. The number of sulfonamides is 1. The third-order valence-corrected chi connectivity index (χ3v) is 7.12. The summed E-state index contributed by atoms with van der Waals surface area (Å²) in [6, 6.07) is 11.3. The number of nitrogens with zero attached hydrogens (tertiary/aromatic N) is 4. The first-order valence-corrected chi connectivity index (χ1v) is 12.7. The maximum atomic E-state index is 12.6. The number of ether oxygens (including phenoxy) is 1. The first-order valence-electron chi connectivity index (χ1n) is 11.2. The summed E-state index contributed by atoms with van der Waals surface area (Å²) >= 11 is 0. The number of aromatic nitrogens is 5. The Kier molecular flexibility index (Phi) is 6.26. The van der Waals surface area contributed by atoms with Crippen molar-refractivity contribution in [1.82, 2.24) is 24.9 Å². The number of imidazole rings is 1. The molecule has 0 unspecified atom stereocenters. The molecule has 176 valence electrons. The van der Waals surface area contributed by atoms with Crippen LogP contribution in [0.3, 0.4) is 0 Å². The van der Waals surface area contributed by atoms with E-state index in [1.165, 1.54) is 50.4 Å². The predicted molar refractivity (Wildman–Crippen MR) is 129 cm³/mol. The molecule has 0 amide bonds. The summed E-state index contributed by atoms with van der Waals surface area (Å²) in [6.45, 7) is 0.605. The number of nitrogens with one attached hydrogen (secondary N) is 3. The molecule has 0 saturated heterocycles. The highest BCUT2D eigenvalue weighted by atomic mass is 32.2. The highest BCUT2D eigenvalue weighted by Crippen LogP contribution is 2.27. The van der Waals surface area contributed by atoms with Crippen LogP contribution < -0.4 is 14.8 Å². The fourth-order valence-corrected chi connectivity index (χ4v) is 4.99. The van der Waals surface area contributed by atoms with Gasteiger partial charge in [0.15, 0.2) is 11.2 Å². The number of anilines is 3. The van der Waals surface area contributed by atoms with Crippen LogP contribution in [-0.2, 0) is 10.0 Å². The third kappa shape index (κ3) is 5.09. The lowest BCUT2D eigenvalue weighted by Gasteiger charge is -2.21. The van der Waals surface area contributed by atoms with Gasteiger partial charge in [-0.1, -0.05) is 25.3 Å². The number of hydrogen-bond acceptors (Lipinski definition) is 8. The van der Waals surface area contributed by atoms with Gasteiger partial charge >= 0.3 is 0 Å². The summed E-state index contributed by atoms with van der Waals surface area (Å²) < 4.78 is 33.7. The molecular formula is C23H25N7O3S. The van der Waals surface area contributed by atoms with Gasteiger partial charge in [-0.15, -0.1) is 0 Å². The van der Waals surface area contributed by atoms with Gasteiger partial charge in [-0.05, 0) is 55.2 Å². The molecule has 0 bridgehead atoms. The van der Waals surface area contributed by atoms with Crippen molar-refractivity contribution in [3.8, 4) is 5.88 Å². The van der Waals surface area contributed by atoms with E-state index < -0.39 is 10.0 Å². The summed E-state index contributed by atoms with van der Waals surface area (Å²) in [7, 11) is -3.75. The lowest BCUT2D eigenvalue weighted by molar-refractivity contribution is 0.205. The molecule has 10 nitrogen and oxygen atoms in total. The smallest absolute Gasteiger partial charge is 0.263 e. The molecule has 1 saturated carbocycles. The van der Waals surface area contributed by atoms with E-state index in [9.17, 15) is 8.42 Å². The largest absolute Gasteiger partial charge is 0.476 e. The number of benzene rings is 1. The molecule has 5 rings (SSSR count). The Hall–Kier alpha value is -3.73. The monoisotopic (exact) mass is 479 g/mol. The van der Waals surface area contributed by atoms with E-state index in [1.54, 1.807) is 36.7 Å². The topological polar surface area (TPSA) is 135 Å². The minimum Gasteiger partial charge on any atom is -0.476 e. The molecule has 34 heavy (non-hydrogen) atoms. The van der Waals surface area contributed by atoms with E-state index in [4.69, 9.17) is 4.74 Å². The Morgan fingerprint density at radius 1 is 1.00 bits per heavy atom. The highest BCUT2D eigenvalue weighted by molar-refractivity contribution is 7.92. The Morgan fingerprint density at radius 2 is 1.82 bits per heavy atom. The van der Waals surface area contributed by atoms with Crippen LogP contribution in [0.2, 0.25) is 0 Å². The quantitative estimate of drug-likeness (QED) is 0.341. The van der Waals surface area contributed by atoms with Crippen LogP contribution in [0.1, 0.15) is 32.1 Å². The maximum Gasteiger partial charge on any atom is 0.263 e. The van der Waals surface area contributed by atoms with Crippen molar-refractivity contribution in [1.29, 1.82) is 0 Å². The lowest BCUT2D eigenvalue weighted by Crippen LogP contribution is -2.16. The Balaban J connectivity index is 1.31. The van der Waals surface area contributed by atoms with E-state index in [0.29, 0.717) is 41.2 Å². The number of fused-ring (bicyclic) bond motifs is 1. The second-order valence-corrected chi connectivity index (χ2v) is 9.92. The van der Waals surface area contributed by atoms with Crippen molar-refractivity contribution in [2.24, 2.45) is 5.92 Å². The Bertz CT molecular complexity index is 1350. The molecule has 11 heteroatoms. The molecule has 3 aromatic heterocycles. The Labute approximate surface area is 197 Å². The number of aromatic amines is 1. The van der Waals surface area contributed by atoms with Crippen molar-refractivity contribution in [2.45, 2.75) is 37.0 Å². The van der Waals surface area contributed by atoms with Crippen LogP contribution in [0, 0.1) is 5.92 Å². The SMILES string of the molecule is O=S(=O)(Nc1ccccn1)c1ccc(Nc2nc(OCC3CCCCC3)c3nc[nH]c3n2)cc1. The van der Waals surface area contributed by atoms with E-state index in [2.05, 4.69) is 35.0 Å². The molecule has 0 aliphatic heterocycles. The molecule has 1 aliphatic carbocycles. The highest BCUT2D eigenvalue weighted by Gasteiger charge is 2.18. The van der Waals surface area contributed by atoms with Gasteiger partial charge in [0.2, 0.25) is 11.8 Å². The maximum absolute atomic E-state index is 12.6. The molecule has 1 aliphatic rings. The fraction of sp³-hybridized carbons (Fsp3) is 0.304. The summed E-state index contributed by atoms with van der Waals surface area (Å²) in [4.78, 5) is 20.4. The molecule has 1 fully saturated rings. The van der Waals surface area contributed by atoms with E-state index in [0.717, 1.165) is 0 Å². The van der Waals surface area contributed by atoms with Crippen molar-refractivity contribution in [3.05, 3.63) is 55.0 Å². The summed E-state index contributed by atoms with van der Waals surface area (Å²) in [5, 5.41) is 3.11. The van der Waals surface area contributed by atoms with Crippen molar-refractivity contribution in [2.75, 3.05) is 16.6 Å². The zero-order valence-electron chi connectivity index (χ0n) is 18.4. The lowest BCUT2D eigenvalue weighted by atomic mass is 9.90. The van der Waals surface area contributed by atoms with Gasteiger partial charge in [-0.2, -0.15) is 9.97 Å². The van der Waals surface area contributed by atoms with Gasteiger partial charge in [0.25, 0.3) is 10.0 Å². The minimum atomic E-state index is -3.75. The summed E-state index contributed by atoms with van der Waals surface area (Å²) in [5.41, 5.74) is 1.78. The van der Waals surface area contributed by atoms with Gasteiger partial charge in [0, 0.05) is 11.9 Å². The second-order valence-electron chi connectivity index (χ2n) is 8.24. The first-order chi connectivity index (χ1) is 16.6. The molecular weight excluding hydrogens is 454 g/mol. The van der Waals surface area contributed by atoms with Gasteiger partial charge in [-0.3, -0.25) is 4.72 Å². The molecule has 0 spiro atoms. The third-order valence-electron chi connectivity index (χ3n) is 5.75. The van der Waals surface area contributed by atoms with Crippen LogP contribution in [0.5, 0.6) is 5.88 Å². The zero-order chi connectivity index (χ0) is 23.4. The van der Waals surface area contributed by atoms with Crippen LogP contribution in [0.25, 0.3) is 11.2 Å². The van der Waals surface area contributed by atoms with E-state index >= 15 is 0 Å². The van der Waals surface area contributed by atoms with Crippen molar-refractivity contribution < 1.29 is 13.2 Å². The average molecular weight is 480 g/mol. The number of pyridine rings is 1. The number of hydrogen-bond donors (Lipinski definition) is 3. The van der Waals surface area contributed by atoms with Gasteiger partial charge < -0.3 is 15.0 Å². The Morgan fingerprint density at radius 3 is 2.59 bits per heavy atom. The summed E-state index contributed by atoms with van der Waals surface area (Å²) in [6.07, 6.45) is 9.20. The fourth-order valence-electron chi connectivity index (χ4n) is 3.98. The van der Waals surface area contributed by atoms with E-state index in [1.807, 2.05) is 0 Å². The predicted octanol–water partition coefficient (Wildman–Crippen LogP) is 4.25. The number of rotatable bonds is 8. The standard InChI is InChI=1S/C23H25N7O3S/c31-34(32,30-19-8-4-5-13-24-19)18-11-9-17(10-12-18)27-23-28-21-20(25-15-26-21)22(29-23)33-14-16-6-2-1-3-7-16/h4-5,8-13,15-16H,1-3,6-7,14H2,(H,24,30)(H2,25,26,27,28,29). The second kappa shape index (κ2) is 9.64. The van der Waals surface area contributed by atoms with Crippen LogP contribution in [-0.4, -0.2) is 39.9 Å². The molecule has 3 heterocycles. The zero-order valence-corrected chi connectivity index (χ0v) is 19.3. The molecule has 4 aromatic rings. The summed E-state index contributed by atoms with van der Waals surface area (Å²) in [5.74, 6) is 1.55. The van der Waals surface area contributed by atoms with Crippen molar-refractivity contribution >= 4 is 38.6 Å². The van der Waals surface area contributed by atoms with Crippen LogP contribution in [0.4, 0.5) is 17.5 Å². The molecule has 0 atom stereocenters. The average Bonchev–Trinajstić information content (AvgIpc) is 3.33. The molecule has 1 aromatic carbocycles. The van der Waals surface area contributed by atoms with E-state index in [-0.39, 0.29) is 10.7 Å². The normalized spacial score (nSPS) is 14.7. The molecule has 3 N–H and O–H groups in total. The van der Waals surface area contributed by atoms with Gasteiger partial charge in [-0.25, -0.2) is 18.4 Å². The van der Waals surface area contributed by atoms with Crippen LogP contribution in [0.15, 0.2) is 59.9 Å². The van der Waals surface area contributed by atoms with Crippen molar-refractivity contribution in [3.63, 3.8) is 0 Å². The molecule has 0 radical (unpaired) electrons. The van der Waals surface area contributed by atoms with Crippen LogP contribution >= 0.6 is 0 Å².